The second kappa shape index (κ2) is 6.76. The Morgan fingerprint density at radius 3 is 2.67 bits per heavy atom. The zero-order chi connectivity index (χ0) is 14.7. The van der Waals surface area contributed by atoms with Crippen molar-refractivity contribution in [3.63, 3.8) is 0 Å². The number of hydrogen-bond acceptors (Lipinski definition) is 2. The van der Waals surface area contributed by atoms with Gasteiger partial charge in [0.05, 0.1) is 0 Å². The van der Waals surface area contributed by atoms with E-state index in [1.807, 2.05) is 11.3 Å². The quantitative estimate of drug-likeness (QED) is 0.804. The van der Waals surface area contributed by atoms with Crippen molar-refractivity contribution in [1.82, 2.24) is 5.32 Å². The van der Waals surface area contributed by atoms with Crippen LogP contribution in [-0.4, -0.2) is 6.04 Å². The molecule has 0 aliphatic heterocycles. The first kappa shape index (κ1) is 14.8. The topological polar surface area (TPSA) is 12.0 Å². The van der Waals surface area contributed by atoms with Crippen molar-refractivity contribution in [3.8, 4) is 10.4 Å². The van der Waals surface area contributed by atoms with Gasteiger partial charge in [0.1, 0.15) is 0 Å². The number of thiophene rings is 1. The van der Waals surface area contributed by atoms with E-state index in [1.54, 1.807) is 0 Å². The third-order valence-electron chi connectivity index (χ3n) is 4.97. The van der Waals surface area contributed by atoms with Crippen molar-refractivity contribution < 1.29 is 0 Å². The molecule has 1 aliphatic carbocycles. The zero-order valence-electron chi connectivity index (χ0n) is 13.0. The summed E-state index contributed by atoms with van der Waals surface area (Å²) in [6.07, 6.45) is 4.11. The van der Waals surface area contributed by atoms with E-state index in [2.05, 4.69) is 61.6 Å². The molecule has 1 N–H and O–H groups in total. The van der Waals surface area contributed by atoms with Gasteiger partial charge in [-0.15, -0.1) is 11.3 Å². The summed E-state index contributed by atoms with van der Waals surface area (Å²) in [4.78, 5) is 2.82. The highest BCUT2D eigenvalue weighted by Crippen LogP contribution is 2.31. The minimum absolute atomic E-state index is 0.691. The summed E-state index contributed by atoms with van der Waals surface area (Å²) in [6, 6.07) is 15.9. The zero-order valence-corrected chi connectivity index (χ0v) is 13.8. The normalized spacial score (nSPS) is 25.9. The molecule has 0 amide bonds. The largest absolute Gasteiger partial charge is 0.309 e. The molecule has 1 aliphatic rings. The molecule has 0 saturated heterocycles. The third-order valence-corrected chi connectivity index (χ3v) is 6.10. The molecular weight excluding hydrogens is 274 g/mol. The maximum atomic E-state index is 3.79. The Balaban J connectivity index is 1.60. The fourth-order valence-corrected chi connectivity index (χ4v) is 4.30. The minimum atomic E-state index is 0.691. The van der Waals surface area contributed by atoms with E-state index in [-0.39, 0.29) is 0 Å². The number of rotatable bonds is 4. The van der Waals surface area contributed by atoms with Crippen molar-refractivity contribution in [2.24, 2.45) is 11.8 Å². The molecule has 1 aromatic carbocycles. The van der Waals surface area contributed by atoms with Gasteiger partial charge in [-0.1, -0.05) is 57.0 Å². The first-order valence-corrected chi connectivity index (χ1v) is 8.93. The lowest BCUT2D eigenvalue weighted by Crippen LogP contribution is -2.40. The second-order valence-electron chi connectivity index (χ2n) is 6.39. The lowest BCUT2D eigenvalue weighted by atomic mass is 9.78. The first-order valence-electron chi connectivity index (χ1n) is 8.11. The molecule has 1 nitrogen and oxygen atoms in total. The highest BCUT2D eigenvalue weighted by atomic mass is 32.1. The highest BCUT2D eigenvalue weighted by molar-refractivity contribution is 7.15. The van der Waals surface area contributed by atoms with Crippen LogP contribution in [0, 0.1) is 11.8 Å². The average molecular weight is 299 g/mol. The second-order valence-corrected chi connectivity index (χ2v) is 7.56. The predicted octanol–water partition coefficient (Wildman–Crippen LogP) is 5.33. The molecule has 0 radical (unpaired) electrons. The van der Waals surface area contributed by atoms with E-state index >= 15 is 0 Å². The van der Waals surface area contributed by atoms with Crippen molar-refractivity contribution in [3.05, 3.63) is 47.3 Å². The molecule has 1 aromatic heterocycles. The molecule has 0 spiro atoms. The summed E-state index contributed by atoms with van der Waals surface area (Å²) in [6.45, 7) is 5.82. The summed E-state index contributed by atoms with van der Waals surface area (Å²) >= 11 is 1.91. The van der Waals surface area contributed by atoms with E-state index in [1.165, 1.54) is 34.6 Å². The number of benzene rings is 1. The van der Waals surface area contributed by atoms with Gasteiger partial charge >= 0.3 is 0 Å². The van der Waals surface area contributed by atoms with Crippen LogP contribution < -0.4 is 5.32 Å². The molecule has 1 heterocycles. The van der Waals surface area contributed by atoms with Gasteiger partial charge in [-0.25, -0.2) is 0 Å². The van der Waals surface area contributed by atoms with Crippen LogP contribution in [-0.2, 0) is 6.54 Å². The van der Waals surface area contributed by atoms with Crippen LogP contribution in [0.2, 0.25) is 0 Å². The smallest absolute Gasteiger partial charge is 0.0346 e. The highest BCUT2D eigenvalue weighted by Gasteiger charge is 2.26. The molecule has 2 heteroatoms. The van der Waals surface area contributed by atoms with Crippen LogP contribution >= 0.6 is 11.3 Å². The van der Waals surface area contributed by atoms with E-state index in [0.29, 0.717) is 6.04 Å². The van der Waals surface area contributed by atoms with Crippen molar-refractivity contribution >= 4 is 11.3 Å². The Hall–Kier alpha value is -1.12. The van der Waals surface area contributed by atoms with E-state index in [4.69, 9.17) is 0 Å². The van der Waals surface area contributed by atoms with Crippen LogP contribution in [0.5, 0.6) is 0 Å². The molecule has 3 unspecified atom stereocenters. The lowest BCUT2D eigenvalue weighted by molar-refractivity contribution is 0.206. The molecule has 1 fully saturated rings. The molecule has 2 aromatic rings. The third kappa shape index (κ3) is 3.56. The predicted molar refractivity (Wildman–Crippen MR) is 92.6 cm³/mol. The fraction of sp³-hybridized carbons (Fsp3) is 0.474. The summed E-state index contributed by atoms with van der Waals surface area (Å²) in [7, 11) is 0. The van der Waals surface area contributed by atoms with Gasteiger partial charge < -0.3 is 5.32 Å². The van der Waals surface area contributed by atoms with E-state index in [9.17, 15) is 0 Å². The summed E-state index contributed by atoms with van der Waals surface area (Å²) in [5.74, 6) is 1.66. The molecule has 21 heavy (non-hydrogen) atoms. The van der Waals surface area contributed by atoms with Gasteiger partial charge in [-0.3, -0.25) is 0 Å². The molecule has 3 rings (SSSR count). The summed E-state index contributed by atoms with van der Waals surface area (Å²) in [5, 5.41) is 3.79. The van der Waals surface area contributed by atoms with Gasteiger partial charge in [0, 0.05) is 22.3 Å². The standard InChI is InChI=1S/C19H25NS/c1-14-7-6-10-18(15(14)2)20-13-17-11-12-19(21-17)16-8-4-3-5-9-16/h3-5,8-9,11-12,14-15,18,20H,6-7,10,13H2,1-2H3. The van der Waals surface area contributed by atoms with Crippen LogP contribution in [0.4, 0.5) is 0 Å². The SMILES string of the molecule is CC1CCCC(NCc2ccc(-c3ccccc3)s2)C1C. The van der Waals surface area contributed by atoms with Gasteiger partial charge in [-0.05, 0) is 36.0 Å². The van der Waals surface area contributed by atoms with E-state index in [0.717, 1.165) is 18.4 Å². The Morgan fingerprint density at radius 2 is 1.86 bits per heavy atom. The summed E-state index contributed by atoms with van der Waals surface area (Å²) < 4.78 is 0. The van der Waals surface area contributed by atoms with Gasteiger partial charge in [0.15, 0.2) is 0 Å². The Labute approximate surface area is 132 Å². The molecule has 3 atom stereocenters. The van der Waals surface area contributed by atoms with Crippen LogP contribution in [0.25, 0.3) is 10.4 Å². The van der Waals surface area contributed by atoms with Crippen molar-refractivity contribution in [2.75, 3.05) is 0 Å². The summed E-state index contributed by atoms with van der Waals surface area (Å²) in [5.41, 5.74) is 1.33. The van der Waals surface area contributed by atoms with Crippen molar-refractivity contribution in [1.29, 1.82) is 0 Å². The Kier molecular flexibility index (Phi) is 4.77. The molecule has 1 saturated carbocycles. The van der Waals surface area contributed by atoms with Gasteiger partial charge in [0.2, 0.25) is 0 Å². The van der Waals surface area contributed by atoms with Crippen LogP contribution in [0.3, 0.4) is 0 Å². The number of nitrogens with one attached hydrogen (secondary N) is 1. The minimum Gasteiger partial charge on any atom is -0.309 e. The number of hydrogen-bond donors (Lipinski definition) is 1. The van der Waals surface area contributed by atoms with Gasteiger partial charge in [0.25, 0.3) is 0 Å². The van der Waals surface area contributed by atoms with Gasteiger partial charge in [-0.2, -0.15) is 0 Å². The average Bonchev–Trinajstić information content (AvgIpc) is 2.99. The fourth-order valence-electron chi connectivity index (χ4n) is 3.33. The molecular formula is C19H25NS. The monoisotopic (exact) mass is 299 g/mol. The maximum absolute atomic E-state index is 3.79. The van der Waals surface area contributed by atoms with Crippen LogP contribution in [0.15, 0.2) is 42.5 Å². The van der Waals surface area contributed by atoms with E-state index < -0.39 is 0 Å². The Bertz CT molecular complexity index is 560. The molecule has 0 bridgehead atoms. The maximum Gasteiger partial charge on any atom is 0.0346 e. The Morgan fingerprint density at radius 1 is 1.05 bits per heavy atom. The first-order chi connectivity index (χ1) is 10.2. The van der Waals surface area contributed by atoms with Crippen LogP contribution in [0.1, 0.15) is 38.0 Å². The lowest BCUT2D eigenvalue weighted by Gasteiger charge is -2.34. The van der Waals surface area contributed by atoms with Crippen molar-refractivity contribution in [2.45, 2.75) is 45.7 Å². The molecule has 112 valence electrons.